The second kappa shape index (κ2) is 8.77. The maximum atomic E-state index is 13.6. The highest BCUT2D eigenvalue weighted by Gasteiger charge is 2.41. The highest BCUT2D eigenvalue weighted by molar-refractivity contribution is 6.46. The first-order chi connectivity index (χ1) is 15.5. The molecule has 1 aliphatic heterocycles. The van der Waals surface area contributed by atoms with Gasteiger partial charge in [-0.05, 0) is 54.4 Å². The lowest BCUT2D eigenvalue weighted by molar-refractivity contribution is -0.120. The SMILES string of the molecule is COc1ccc(C2=C(Nc3ccccc3OC)C(=O)N(c3cccc(Cl)c3C)C2=O)cc1. The smallest absolute Gasteiger partial charge is 0.282 e. The Labute approximate surface area is 191 Å². The molecule has 0 bridgehead atoms. The van der Waals surface area contributed by atoms with Crippen molar-refractivity contribution in [3.8, 4) is 11.5 Å². The summed E-state index contributed by atoms with van der Waals surface area (Å²) in [5.41, 5.74) is 2.65. The zero-order chi connectivity index (χ0) is 22.8. The number of para-hydroxylation sites is 2. The zero-order valence-corrected chi connectivity index (χ0v) is 18.6. The van der Waals surface area contributed by atoms with Gasteiger partial charge in [-0.3, -0.25) is 9.59 Å². The fourth-order valence-corrected chi connectivity index (χ4v) is 3.78. The summed E-state index contributed by atoms with van der Waals surface area (Å²) in [7, 11) is 3.11. The van der Waals surface area contributed by atoms with E-state index in [0.29, 0.717) is 39.0 Å². The number of ether oxygens (including phenoxy) is 2. The molecule has 0 spiro atoms. The summed E-state index contributed by atoms with van der Waals surface area (Å²) in [4.78, 5) is 28.3. The zero-order valence-electron chi connectivity index (χ0n) is 17.8. The minimum absolute atomic E-state index is 0.157. The van der Waals surface area contributed by atoms with Gasteiger partial charge in [0.05, 0.1) is 31.2 Å². The van der Waals surface area contributed by atoms with Gasteiger partial charge in [0.15, 0.2) is 0 Å². The van der Waals surface area contributed by atoms with Crippen LogP contribution in [-0.4, -0.2) is 26.0 Å². The Morgan fingerprint density at radius 1 is 0.844 bits per heavy atom. The Bertz CT molecular complexity index is 1230. The van der Waals surface area contributed by atoms with E-state index in [9.17, 15) is 9.59 Å². The molecule has 0 aromatic heterocycles. The molecule has 6 nitrogen and oxygen atoms in total. The van der Waals surface area contributed by atoms with Gasteiger partial charge in [0, 0.05) is 5.02 Å². The number of amides is 2. The van der Waals surface area contributed by atoms with Crippen LogP contribution in [0.15, 0.2) is 72.4 Å². The number of rotatable bonds is 6. The molecule has 4 rings (SSSR count). The lowest BCUT2D eigenvalue weighted by Gasteiger charge is -2.18. The number of nitrogens with one attached hydrogen (secondary N) is 1. The summed E-state index contributed by atoms with van der Waals surface area (Å²) in [6.07, 6.45) is 0. The fourth-order valence-electron chi connectivity index (χ4n) is 3.61. The molecule has 1 heterocycles. The van der Waals surface area contributed by atoms with Crippen molar-refractivity contribution in [1.29, 1.82) is 0 Å². The number of carbonyl (C=O) groups excluding carboxylic acids is 2. The number of halogens is 1. The van der Waals surface area contributed by atoms with Crippen LogP contribution >= 0.6 is 11.6 Å². The molecular weight excluding hydrogens is 428 g/mol. The molecule has 0 radical (unpaired) electrons. The van der Waals surface area contributed by atoms with Gasteiger partial charge in [-0.15, -0.1) is 0 Å². The summed E-state index contributed by atoms with van der Waals surface area (Å²) in [6.45, 7) is 1.77. The summed E-state index contributed by atoms with van der Waals surface area (Å²) in [5.74, 6) is 0.277. The quantitative estimate of drug-likeness (QED) is 0.534. The molecule has 0 saturated heterocycles. The molecule has 1 N–H and O–H groups in total. The molecule has 0 aliphatic carbocycles. The van der Waals surface area contributed by atoms with Crippen LogP contribution in [0.1, 0.15) is 11.1 Å². The second-order valence-corrected chi connectivity index (χ2v) is 7.54. The summed E-state index contributed by atoms with van der Waals surface area (Å²) in [5, 5.41) is 3.60. The van der Waals surface area contributed by atoms with Gasteiger partial charge in [0.2, 0.25) is 0 Å². The summed E-state index contributed by atoms with van der Waals surface area (Å²) < 4.78 is 10.6. The largest absolute Gasteiger partial charge is 0.497 e. The van der Waals surface area contributed by atoms with E-state index in [1.54, 1.807) is 75.7 Å². The molecule has 3 aromatic carbocycles. The lowest BCUT2D eigenvalue weighted by atomic mass is 10.0. The monoisotopic (exact) mass is 448 g/mol. The molecule has 7 heteroatoms. The van der Waals surface area contributed by atoms with Crippen LogP contribution in [0.4, 0.5) is 11.4 Å². The third-order valence-electron chi connectivity index (χ3n) is 5.31. The third kappa shape index (κ3) is 3.69. The number of nitrogens with zero attached hydrogens (tertiary/aromatic N) is 1. The predicted octanol–water partition coefficient (Wildman–Crippen LogP) is 5.06. The first-order valence-electron chi connectivity index (χ1n) is 9.89. The van der Waals surface area contributed by atoms with E-state index in [4.69, 9.17) is 21.1 Å². The number of methoxy groups -OCH3 is 2. The van der Waals surface area contributed by atoms with Gasteiger partial charge < -0.3 is 14.8 Å². The number of benzene rings is 3. The van der Waals surface area contributed by atoms with Gasteiger partial charge in [-0.2, -0.15) is 0 Å². The second-order valence-electron chi connectivity index (χ2n) is 7.13. The number of anilines is 2. The van der Waals surface area contributed by atoms with Crippen molar-refractivity contribution in [2.75, 3.05) is 24.4 Å². The fraction of sp³-hybridized carbons (Fsp3) is 0.120. The van der Waals surface area contributed by atoms with Crippen molar-refractivity contribution in [1.82, 2.24) is 0 Å². The molecular formula is C25H21ClN2O4. The Morgan fingerprint density at radius 3 is 2.25 bits per heavy atom. The van der Waals surface area contributed by atoms with Crippen molar-refractivity contribution in [3.63, 3.8) is 0 Å². The highest BCUT2D eigenvalue weighted by Crippen LogP contribution is 2.38. The van der Waals surface area contributed by atoms with E-state index in [1.165, 1.54) is 0 Å². The van der Waals surface area contributed by atoms with E-state index in [2.05, 4.69) is 5.32 Å². The standard InChI is InChI=1S/C25H21ClN2O4/c1-15-18(26)7-6-9-20(15)28-24(29)22(16-11-13-17(31-2)14-12-16)23(25(28)30)27-19-8-4-5-10-21(19)32-3/h4-14,27H,1-3H3. The number of carbonyl (C=O) groups is 2. The van der Waals surface area contributed by atoms with E-state index in [1.807, 2.05) is 12.1 Å². The maximum Gasteiger partial charge on any atom is 0.282 e. The van der Waals surface area contributed by atoms with Gasteiger partial charge in [-0.25, -0.2) is 4.90 Å². The minimum atomic E-state index is -0.475. The van der Waals surface area contributed by atoms with E-state index < -0.39 is 11.8 Å². The Kier molecular flexibility index (Phi) is 5.88. The average molecular weight is 449 g/mol. The third-order valence-corrected chi connectivity index (χ3v) is 5.72. The molecule has 0 saturated carbocycles. The molecule has 32 heavy (non-hydrogen) atoms. The molecule has 0 unspecified atom stereocenters. The van der Waals surface area contributed by atoms with Crippen LogP contribution in [0.5, 0.6) is 11.5 Å². The van der Waals surface area contributed by atoms with Crippen molar-refractivity contribution in [2.45, 2.75) is 6.92 Å². The predicted molar refractivity (Wildman–Crippen MR) is 125 cm³/mol. The van der Waals surface area contributed by atoms with Crippen molar-refractivity contribution < 1.29 is 19.1 Å². The molecule has 2 amide bonds. The van der Waals surface area contributed by atoms with Crippen LogP contribution in [0, 0.1) is 6.92 Å². The Balaban J connectivity index is 1.86. The first-order valence-corrected chi connectivity index (χ1v) is 10.3. The first kappa shape index (κ1) is 21.5. The van der Waals surface area contributed by atoms with E-state index in [-0.39, 0.29) is 11.3 Å². The number of hydrogen-bond acceptors (Lipinski definition) is 5. The van der Waals surface area contributed by atoms with E-state index in [0.717, 1.165) is 4.90 Å². The van der Waals surface area contributed by atoms with Crippen LogP contribution in [-0.2, 0) is 9.59 Å². The van der Waals surface area contributed by atoms with Crippen molar-refractivity contribution >= 4 is 40.4 Å². The molecule has 1 aliphatic rings. The average Bonchev–Trinajstić information content (AvgIpc) is 3.05. The molecule has 3 aromatic rings. The maximum absolute atomic E-state index is 13.6. The van der Waals surface area contributed by atoms with Gasteiger partial charge in [0.1, 0.15) is 17.2 Å². The van der Waals surface area contributed by atoms with Crippen LogP contribution in [0.25, 0.3) is 5.57 Å². The molecule has 162 valence electrons. The minimum Gasteiger partial charge on any atom is -0.497 e. The number of hydrogen-bond donors (Lipinski definition) is 1. The topological polar surface area (TPSA) is 67.9 Å². The van der Waals surface area contributed by atoms with E-state index >= 15 is 0 Å². The van der Waals surface area contributed by atoms with Crippen LogP contribution in [0.3, 0.4) is 0 Å². The normalized spacial score (nSPS) is 13.6. The summed E-state index contributed by atoms with van der Waals surface area (Å²) in [6, 6.07) is 19.3. The molecule has 0 atom stereocenters. The van der Waals surface area contributed by atoms with Crippen LogP contribution < -0.4 is 19.7 Å². The van der Waals surface area contributed by atoms with Crippen LogP contribution in [0.2, 0.25) is 5.02 Å². The Morgan fingerprint density at radius 2 is 1.56 bits per heavy atom. The Hall–Kier alpha value is -3.77. The highest BCUT2D eigenvalue weighted by atomic mass is 35.5. The summed E-state index contributed by atoms with van der Waals surface area (Å²) >= 11 is 6.27. The lowest BCUT2D eigenvalue weighted by Crippen LogP contribution is -2.33. The van der Waals surface area contributed by atoms with Gasteiger partial charge >= 0.3 is 0 Å². The molecule has 0 fully saturated rings. The van der Waals surface area contributed by atoms with Crippen molar-refractivity contribution in [3.05, 3.63) is 88.6 Å². The van der Waals surface area contributed by atoms with Gasteiger partial charge in [-0.1, -0.05) is 41.9 Å². The van der Waals surface area contributed by atoms with Crippen molar-refractivity contribution in [2.24, 2.45) is 0 Å². The van der Waals surface area contributed by atoms with Gasteiger partial charge in [0.25, 0.3) is 11.8 Å². The number of imide groups is 1.